The Hall–Kier alpha value is -2.56. The summed E-state index contributed by atoms with van der Waals surface area (Å²) >= 11 is 0. The summed E-state index contributed by atoms with van der Waals surface area (Å²) in [4.78, 5) is 15.5. The first kappa shape index (κ1) is 13.9. The van der Waals surface area contributed by atoms with Gasteiger partial charge < -0.3 is 14.2 Å². The minimum absolute atomic E-state index is 0.385. The maximum Gasteiger partial charge on any atom is 0.337 e. The fourth-order valence-corrected chi connectivity index (χ4v) is 1.61. The Morgan fingerprint density at radius 2 is 1.95 bits per heavy atom. The molecular weight excluding hydrogens is 258 g/mol. The third-order valence-electron chi connectivity index (χ3n) is 2.53. The molecule has 0 bridgehead atoms. The number of aromatic nitrogens is 1. The van der Waals surface area contributed by atoms with Crippen LogP contribution in [0, 0.1) is 0 Å². The number of ether oxygens (including phenoxy) is 3. The maximum atomic E-state index is 11.3. The van der Waals surface area contributed by atoms with Crippen molar-refractivity contribution < 1.29 is 19.0 Å². The second kappa shape index (κ2) is 6.56. The number of pyridine rings is 1. The zero-order valence-electron chi connectivity index (χ0n) is 11.3. The van der Waals surface area contributed by atoms with Gasteiger partial charge in [-0.25, -0.2) is 9.78 Å². The van der Waals surface area contributed by atoms with E-state index in [0.29, 0.717) is 29.5 Å². The van der Waals surface area contributed by atoms with Gasteiger partial charge in [-0.2, -0.15) is 0 Å². The Morgan fingerprint density at radius 1 is 1.20 bits per heavy atom. The summed E-state index contributed by atoms with van der Waals surface area (Å²) in [6.45, 7) is 2.42. The predicted molar refractivity (Wildman–Crippen MR) is 73.3 cm³/mol. The largest absolute Gasteiger partial charge is 0.488 e. The highest BCUT2D eigenvalue weighted by atomic mass is 16.5. The van der Waals surface area contributed by atoms with Crippen LogP contribution in [0.15, 0.2) is 42.6 Å². The SMILES string of the molecule is CCOc1cccnc1Oc1ccc(C(=O)OC)cc1. The van der Waals surface area contributed by atoms with Crippen molar-refractivity contribution in [3.63, 3.8) is 0 Å². The lowest BCUT2D eigenvalue weighted by Crippen LogP contribution is -2.00. The molecule has 1 heterocycles. The quantitative estimate of drug-likeness (QED) is 0.784. The molecular formula is C15H15NO4. The molecule has 1 aromatic carbocycles. The molecule has 20 heavy (non-hydrogen) atoms. The topological polar surface area (TPSA) is 57.7 Å². The summed E-state index contributed by atoms with van der Waals surface area (Å²) in [5, 5.41) is 0. The molecule has 5 nitrogen and oxygen atoms in total. The molecule has 1 aromatic heterocycles. The van der Waals surface area contributed by atoms with Crippen LogP contribution in [-0.4, -0.2) is 24.7 Å². The Labute approximate surface area is 117 Å². The van der Waals surface area contributed by atoms with Gasteiger partial charge in [0.1, 0.15) is 5.75 Å². The molecule has 0 saturated heterocycles. The van der Waals surface area contributed by atoms with E-state index in [-0.39, 0.29) is 5.97 Å². The number of esters is 1. The number of benzene rings is 1. The van der Waals surface area contributed by atoms with Crippen molar-refractivity contribution in [2.24, 2.45) is 0 Å². The van der Waals surface area contributed by atoms with E-state index in [9.17, 15) is 4.79 Å². The van der Waals surface area contributed by atoms with Gasteiger partial charge in [0.25, 0.3) is 5.88 Å². The number of carbonyl (C=O) groups excluding carboxylic acids is 1. The van der Waals surface area contributed by atoms with Gasteiger partial charge in [0, 0.05) is 6.20 Å². The summed E-state index contributed by atoms with van der Waals surface area (Å²) in [7, 11) is 1.34. The number of hydrogen-bond acceptors (Lipinski definition) is 5. The van der Waals surface area contributed by atoms with Crippen molar-refractivity contribution >= 4 is 5.97 Å². The smallest absolute Gasteiger partial charge is 0.337 e. The normalized spacial score (nSPS) is 9.90. The van der Waals surface area contributed by atoms with E-state index in [0.717, 1.165) is 0 Å². The maximum absolute atomic E-state index is 11.3. The molecule has 0 aliphatic heterocycles. The molecule has 0 fully saturated rings. The number of carbonyl (C=O) groups is 1. The Morgan fingerprint density at radius 3 is 2.60 bits per heavy atom. The standard InChI is InChI=1S/C15H15NO4/c1-3-19-13-5-4-10-16-14(13)20-12-8-6-11(7-9-12)15(17)18-2/h4-10H,3H2,1-2H3. The first-order chi connectivity index (χ1) is 9.74. The third-order valence-corrected chi connectivity index (χ3v) is 2.53. The van der Waals surface area contributed by atoms with E-state index in [2.05, 4.69) is 9.72 Å². The Kier molecular flexibility index (Phi) is 4.55. The summed E-state index contributed by atoms with van der Waals surface area (Å²) < 4.78 is 15.7. The first-order valence-corrected chi connectivity index (χ1v) is 6.18. The third kappa shape index (κ3) is 3.26. The van der Waals surface area contributed by atoms with E-state index >= 15 is 0 Å². The second-order valence-corrected chi connectivity index (χ2v) is 3.86. The van der Waals surface area contributed by atoms with Crippen LogP contribution in [0.3, 0.4) is 0 Å². The van der Waals surface area contributed by atoms with Crippen molar-refractivity contribution in [1.82, 2.24) is 4.98 Å². The van der Waals surface area contributed by atoms with Gasteiger partial charge in [-0.3, -0.25) is 0 Å². The molecule has 0 radical (unpaired) electrons. The van der Waals surface area contributed by atoms with Crippen LogP contribution in [0.5, 0.6) is 17.4 Å². The minimum Gasteiger partial charge on any atom is -0.488 e. The number of rotatable bonds is 5. The minimum atomic E-state index is -0.385. The van der Waals surface area contributed by atoms with E-state index in [4.69, 9.17) is 9.47 Å². The Bertz CT molecular complexity index is 581. The highest BCUT2D eigenvalue weighted by Crippen LogP contribution is 2.28. The Balaban J connectivity index is 2.16. The average molecular weight is 273 g/mol. The van der Waals surface area contributed by atoms with Crippen LogP contribution in [0.25, 0.3) is 0 Å². The highest BCUT2D eigenvalue weighted by Gasteiger charge is 2.08. The fourth-order valence-electron chi connectivity index (χ4n) is 1.61. The van der Waals surface area contributed by atoms with Gasteiger partial charge in [-0.05, 0) is 43.3 Å². The molecule has 0 N–H and O–H groups in total. The second-order valence-electron chi connectivity index (χ2n) is 3.86. The molecule has 104 valence electrons. The van der Waals surface area contributed by atoms with Crippen molar-refractivity contribution in [1.29, 1.82) is 0 Å². The van der Waals surface area contributed by atoms with Crippen LogP contribution >= 0.6 is 0 Å². The van der Waals surface area contributed by atoms with Gasteiger partial charge in [-0.15, -0.1) is 0 Å². The first-order valence-electron chi connectivity index (χ1n) is 6.18. The van der Waals surface area contributed by atoms with Crippen LogP contribution in [-0.2, 0) is 4.74 Å². The lowest BCUT2D eigenvalue weighted by Gasteiger charge is -2.10. The van der Waals surface area contributed by atoms with Crippen LogP contribution in [0.4, 0.5) is 0 Å². The van der Waals surface area contributed by atoms with Crippen LogP contribution in [0.2, 0.25) is 0 Å². The predicted octanol–water partition coefficient (Wildman–Crippen LogP) is 3.06. The molecule has 0 amide bonds. The van der Waals surface area contributed by atoms with Gasteiger partial charge in [0.05, 0.1) is 19.3 Å². The van der Waals surface area contributed by atoms with E-state index in [1.165, 1.54) is 7.11 Å². The van der Waals surface area contributed by atoms with Gasteiger partial charge >= 0.3 is 5.97 Å². The summed E-state index contributed by atoms with van der Waals surface area (Å²) in [5.41, 5.74) is 0.464. The highest BCUT2D eigenvalue weighted by molar-refractivity contribution is 5.89. The molecule has 0 unspecified atom stereocenters. The molecule has 0 spiro atoms. The van der Waals surface area contributed by atoms with E-state index in [1.54, 1.807) is 42.6 Å². The lowest BCUT2D eigenvalue weighted by atomic mass is 10.2. The van der Waals surface area contributed by atoms with Crippen LogP contribution < -0.4 is 9.47 Å². The van der Waals surface area contributed by atoms with E-state index in [1.807, 2.05) is 6.92 Å². The molecule has 0 aliphatic carbocycles. The zero-order chi connectivity index (χ0) is 14.4. The molecule has 5 heteroatoms. The fraction of sp³-hybridized carbons (Fsp3) is 0.200. The van der Waals surface area contributed by atoms with Gasteiger partial charge in [0.15, 0.2) is 5.75 Å². The molecule has 2 aromatic rings. The monoisotopic (exact) mass is 273 g/mol. The van der Waals surface area contributed by atoms with Crippen molar-refractivity contribution in [3.8, 4) is 17.4 Å². The number of hydrogen-bond donors (Lipinski definition) is 0. The summed E-state index contributed by atoms with van der Waals surface area (Å²) in [6.07, 6.45) is 1.63. The zero-order valence-corrected chi connectivity index (χ0v) is 11.3. The van der Waals surface area contributed by atoms with Crippen molar-refractivity contribution in [2.75, 3.05) is 13.7 Å². The van der Waals surface area contributed by atoms with Crippen molar-refractivity contribution in [2.45, 2.75) is 6.92 Å². The number of methoxy groups -OCH3 is 1. The summed E-state index contributed by atoms with van der Waals surface area (Å²) in [5.74, 6) is 1.15. The number of nitrogens with zero attached hydrogens (tertiary/aromatic N) is 1. The average Bonchev–Trinajstić information content (AvgIpc) is 2.49. The van der Waals surface area contributed by atoms with Crippen molar-refractivity contribution in [3.05, 3.63) is 48.2 Å². The van der Waals surface area contributed by atoms with Crippen LogP contribution in [0.1, 0.15) is 17.3 Å². The summed E-state index contributed by atoms with van der Waals surface area (Å²) in [6, 6.07) is 10.2. The molecule has 2 rings (SSSR count). The van der Waals surface area contributed by atoms with E-state index < -0.39 is 0 Å². The lowest BCUT2D eigenvalue weighted by molar-refractivity contribution is 0.0600. The molecule has 0 aliphatic rings. The molecule has 0 saturated carbocycles. The molecule has 0 atom stereocenters. The van der Waals surface area contributed by atoms with Gasteiger partial charge in [0.2, 0.25) is 0 Å². The van der Waals surface area contributed by atoms with Gasteiger partial charge in [-0.1, -0.05) is 0 Å².